The van der Waals surface area contributed by atoms with Crippen LogP contribution in [0.2, 0.25) is 0 Å². The van der Waals surface area contributed by atoms with Crippen LogP contribution in [-0.4, -0.2) is 54.4 Å². The number of hydrogen-bond donors (Lipinski definition) is 1. The summed E-state index contributed by atoms with van der Waals surface area (Å²) in [7, 11) is 0. The van der Waals surface area contributed by atoms with Crippen molar-refractivity contribution in [3.63, 3.8) is 0 Å². The first-order chi connectivity index (χ1) is 8.20. The van der Waals surface area contributed by atoms with E-state index in [2.05, 4.69) is 4.74 Å². The summed E-state index contributed by atoms with van der Waals surface area (Å²) < 4.78 is 39.6. The van der Waals surface area contributed by atoms with Crippen LogP contribution in [0, 0.1) is 11.8 Å². The van der Waals surface area contributed by atoms with E-state index < -0.39 is 37.2 Å². The van der Waals surface area contributed by atoms with Crippen molar-refractivity contribution >= 4 is 11.9 Å². The molecule has 8 heteroatoms. The second-order valence-corrected chi connectivity index (χ2v) is 4.33. The number of nitrogens with zero attached hydrogens (tertiary/aromatic N) is 1. The molecule has 1 aliphatic heterocycles. The van der Waals surface area contributed by atoms with E-state index >= 15 is 0 Å². The minimum atomic E-state index is -4.47. The normalized spacial score (nSPS) is 24.3. The largest absolute Gasteiger partial charge is 0.481 e. The standard InChI is InChI=1S/C10H14F3NO4/c1-6-2-14(3-7(6)9(16)17)8(15)4-18-5-10(11,12)13/h6-7H,2-5H2,1H3,(H,16,17)/t6-,7-/m1/s1. The Kier molecular flexibility index (Phi) is 4.55. The zero-order valence-corrected chi connectivity index (χ0v) is 9.74. The maximum atomic E-state index is 11.8. The van der Waals surface area contributed by atoms with E-state index in [9.17, 15) is 22.8 Å². The molecule has 1 amide bonds. The molecule has 0 spiro atoms. The molecule has 0 unspecified atom stereocenters. The number of alkyl halides is 3. The second kappa shape index (κ2) is 5.55. The van der Waals surface area contributed by atoms with Gasteiger partial charge in [-0.25, -0.2) is 0 Å². The van der Waals surface area contributed by atoms with Gasteiger partial charge in [0, 0.05) is 13.1 Å². The van der Waals surface area contributed by atoms with Crippen molar-refractivity contribution in [3.8, 4) is 0 Å². The number of rotatable bonds is 4. The average molecular weight is 269 g/mol. The molecule has 0 aromatic carbocycles. The van der Waals surface area contributed by atoms with Crippen LogP contribution in [0.1, 0.15) is 6.92 Å². The fourth-order valence-corrected chi connectivity index (χ4v) is 1.84. The molecule has 0 aromatic rings. The number of hydrogen-bond acceptors (Lipinski definition) is 3. The summed E-state index contributed by atoms with van der Waals surface area (Å²) in [5.74, 6) is -2.51. The number of amides is 1. The SMILES string of the molecule is C[C@@H]1CN(C(=O)COCC(F)(F)F)C[C@H]1C(=O)O. The first-order valence-electron chi connectivity index (χ1n) is 5.36. The summed E-state index contributed by atoms with van der Waals surface area (Å²) in [6.07, 6.45) is -4.47. The van der Waals surface area contributed by atoms with Gasteiger partial charge in [0.25, 0.3) is 0 Å². The highest BCUT2D eigenvalue weighted by Crippen LogP contribution is 2.23. The van der Waals surface area contributed by atoms with Gasteiger partial charge >= 0.3 is 12.1 Å². The Bertz CT molecular complexity index is 332. The lowest BCUT2D eigenvalue weighted by Crippen LogP contribution is -2.34. The van der Waals surface area contributed by atoms with E-state index in [4.69, 9.17) is 5.11 Å². The molecule has 1 aliphatic rings. The maximum absolute atomic E-state index is 11.8. The molecule has 104 valence electrons. The Morgan fingerprint density at radius 3 is 2.44 bits per heavy atom. The Morgan fingerprint density at radius 1 is 1.39 bits per heavy atom. The van der Waals surface area contributed by atoms with Gasteiger partial charge in [-0.2, -0.15) is 13.2 Å². The van der Waals surface area contributed by atoms with Gasteiger partial charge in [0.05, 0.1) is 5.92 Å². The third-order valence-electron chi connectivity index (χ3n) is 2.77. The van der Waals surface area contributed by atoms with E-state index in [0.717, 1.165) is 0 Å². The lowest BCUT2D eigenvalue weighted by molar-refractivity contribution is -0.177. The lowest BCUT2D eigenvalue weighted by atomic mass is 9.99. The van der Waals surface area contributed by atoms with Crippen molar-refractivity contribution in [2.24, 2.45) is 11.8 Å². The predicted octanol–water partition coefficient (Wildman–Crippen LogP) is 0.744. The molecular weight excluding hydrogens is 255 g/mol. The first-order valence-corrected chi connectivity index (χ1v) is 5.36. The quantitative estimate of drug-likeness (QED) is 0.817. The van der Waals surface area contributed by atoms with E-state index in [1.54, 1.807) is 6.92 Å². The average Bonchev–Trinajstić information content (AvgIpc) is 2.58. The third kappa shape index (κ3) is 4.17. The Balaban J connectivity index is 2.38. The van der Waals surface area contributed by atoms with Crippen LogP contribution in [0.3, 0.4) is 0 Å². The van der Waals surface area contributed by atoms with Gasteiger partial charge in [-0.1, -0.05) is 6.92 Å². The van der Waals surface area contributed by atoms with Gasteiger partial charge in [0.1, 0.15) is 13.2 Å². The van der Waals surface area contributed by atoms with Crippen LogP contribution in [-0.2, 0) is 14.3 Å². The van der Waals surface area contributed by atoms with E-state index in [1.807, 2.05) is 0 Å². The molecular formula is C10H14F3NO4. The van der Waals surface area contributed by atoms with E-state index in [0.29, 0.717) is 0 Å². The fourth-order valence-electron chi connectivity index (χ4n) is 1.84. The van der Waals surface area contributed by atoms with Crippen LogP contribution < -0.4 is 0 Å². The van der Waals surface area contributed by atoms with Crippen molar-refractivity contribution in [2.45, 2.75) is 13.1 Å². The maximum Gasteiger partial charge on any atom is 0.411 e. The number of carboxylic acid groups (broad SMARTS) is 1. The Hall–Kier alpha value is -1.31. The van der Waals surface area contributed by atoms with Crippen molar-refractivity contribution < 1.29 is 32.6 Å². The smallest absolute Gasteiger partial charge is 0.411 e. The summed E-state index contributed by atoms with van der Waals surface area (Å²) in [6, 6.07) is 0. The van der Waals surface area contributed by atoms with Crippen molar-refractivity contribution in [2.75, 3.05) is 26.3 Å². The molecule has 0 radical (unpaired) electrons. The van der Waals surface area contributed by atoms with Crippen LogP contribution in [0.15, 0.2) is 0 Å². The molecule has 1 rings (SSSR count). The molecule has 1 fully saturated rings. The molecule has 1 N–H and O–H groups in total. The number of ether oxygens (including phenoxy) is 1. The number of carbonyl (C=O) groups is 2. The van der Waals surface area contributed by atoms with Gasteiger partial charge in [0.15, 0.2) is 0 Å². The minimum absolute atomic E-state index is 0.0186. The number of aliphatic carboxylic acids is 1. The van der Waals surface area contributed by atoms with Gasteiger partial charge in [-0.15, -0.1) is 0 Å². The second-order valence-electron chi connectivity index (χ2n) is 4.33. The lowest BCUT2D eigenvalue weighted by Gasteiger charge is -2.16. The number of carbonyl (C=O) groups excluding carboxylic acids is 1. The zero-order chi connectivity index (χ0) is 13.9. The van der Waals surface area contributed by atoms with E-state index in [-0.39, 0.29) is 19.0 Å². The highest BCUT2D eigenvalue weighted by atomic mass is 19.4. The van der Waals surface area contributed by atoms with Gasteiger partial charge in [-0.05, 0) is 5.92 Å². The molecule has 1 heterocycles. The van der Waals surface area contributed by atoms with Crippen LogP contribution >= 0.6 is 0 Å². The molecule has 2 atom stereocenters. The van der Waals surface area contributed by atoms with Gasteiger partial charge < -0.3 is 14.7 Å². The first kappa shape index (κ1) is 14.7. The molecule has 0 aromatic heterocycles. The van der Waals surface area contributed by atoms with Crippen LogP contribution in [0.25, 0.3) is 0 Å². The van der Waals surface area contributed by atoms with Crippen molar-refractivity contribution in [1.82, 2.24) is 4.90 Å². The third-order valence-corrected chi connectivity index (χ3v) is 2.77. The topological polar surface area (TPSA) is 66.8 Å². The predicted molar refractivity (Wildman–Crippen MR) is 53.7 cm³/mol. The molecule has 5 nitrogen and oxygen atoms in total. The summed E-state index contributed by atoms with van der Waals surface area (Å²) in [5, 5.41) is 8.85. The molecule has 18 heavy (non-hydrogen) atoms. The van der Waals surface area contributed by atoms with Crippen LogP contribution in [0.5, 0.6) is 0 Å². The molecule has 1 saturated heterocycles. The minimum Gasteiger partial charge on any atom is -0.481 e. The number of carboxylic acids is 1. The highest BCUT2D eigenvalue weighted by Gasteiger charge is 2.37. The van der Waals surface area contributed by atoms with Crippen molar-refractivity contribution in [1.29, 1.82) is 0 Å². The number of likely N-dealkylation sites (tertiary alicyclic amines) is 1. The summed E-state index contributed by atoms with van der Waals surface area (Å²) >= 11 is 0. The molecule has 0 saturated carbocycles. The summed E-state index contributed by atoms with van der Waals surface area (Å²) in [6.45, 7) is -0.235. The van der Waals surface area contributed by atoms with Gasteiger partial charge in [0.2, 0.25) is 5.91 Å². The van der Waals surface area contributed by atoms with Gasteiger partial charge in [-0.3, -0.25) is 9.59 Å². The van der Waals surface area contributed by atoms with Crippen LogP contribution in [0.4, 0.5) is 13.2 Å². The monoisotopic (exact) mass is 269 g/mol. The Morgan fingerprint density at radius 2 is 2.00 bits per heavy atom. The zero-order valence-electron chi connectivity index (χ0n) is 9.74. The Labute approximate surface area is 102 Å². The number of halogens is 3. The summed E-state index contributed by atoms with van der Waals surface area (Å²) in [4.78, 5) is 23.5. The summed E-state index contributed by atoms with van der Waals surface area (Å²) in [5.41, 5.74) is 0. The molecule has 0 bridgehead atoms. The fraction of sp³-hybridized carbons (Fsp3) is 0.800. The highest BCUT2D eigenvalue weighted by molar-refractivity contribution is 5.79. The van der Waals surface area contributed by atoms with E-state index in [1.165, 1.54) is 4.90 Å². The van der Waals surface area contributed by atoms with Crippen molar-refractivity contribution in [3.05, 3.63) is 0 Å². The molecule has 0 aliphatic carbocycles.